The van der Waals surface area contributed by atoms with E-state index in [0.29, 0.717) is 0 Å². The summed E-state index contributed by atoms with van der Waals surface area (Å²) in [6.07, 6.45) is 3.87. The van der Waals surface area contributed by atoms with Crippen LogP contribution in [0, 0.1) is 13.8 Å². The van der Waals surface area contributed by atoms with Crippen LogP contribution in [-0.4, -0.2) is 16.3 Å². The van der Waals surface area contributed by atoms with Crippen molar-refractivity contribution in [2.45, 2.75) is 20.8 Å². The van der Waals surface area contributed by atoms with E-state index in [2.05, 4.69) is 16.7 Å². The fourth-order valence-corrected chi connectivity index (χ4v) is 1.01. The fourth-order valence-electron chi connectivity index (χ4n) is 1.01. The van der Waals surface area contributed by atoms with Gasteiger partial charge in [-0.2, -0.15) is 0 Å². The molecule has 0 radical (unpaired) electrons. The van der Waals surface area contributed by atoms with Crippen molar-refractivity contribution in [1.82, 2.24) is 9.55 Å². The first-order chi connectivity index (χ1) is 5.63. The van der Waals surface area contributed by atoms with E-state index < -0.39 is 0 Å². The van der Waals surface area contributed by atoms with E-state index in [4.69, 9.17) is 0 Å². The van der Waals surface area contributed by atoms with Gasteiger partial charge in [-0.25, -0.2) is 4.98 Å². The highest BCUT2D eigenvalue weighted by Gasteiger charge is 1.96. The fraction of sp³-hybridized carbons (Fsp3) is 0.333. The van der Waals surface area contributed by atoms with Crippen LogP contribution in [0.5, 0.6) is 0 Å². The van der Waals surface area contributed by atoms with Gasteiger partial charge in [0, 0.05) is 12.4 Å². The summed E-state index contributed by atoms with van der Waals surface area (Å²) in [6, 6.07) is 0. The molecule has 0 spiro atoms. The molecule has 0 aliphatic rings. The minimum atomic E-state index is 0.885. The summed E-state index contributed by atoms with van der Waals surface area (Å²) in [4.78, 5) is 8.05. The van der Waals surface area contributed by atoms with Gasteiger partial charge in [0.05, 0.1) is 11.4 Å². The number of aryl methyl sites for hydroxylation is 2. The highest BCUT2D eigenvalue weighted by molar-refractivity contribution is 5.37. The van der Waals surface area contributed by atoms with E-state index in [1.54, 1.807) is 0 Å². The molecule has 12 heavy (non-hydrogen) atoms. The lowest BCUT2D eigenvalue weighted by atomic mass is 10.5. The molecule has 0 atom stereocenters. The van der Waals surface area contributed by atoms with Crippen molar-refractivity contribution in [2.24, 2.45) is 4.99 Å². The van der Waals surface area contributed by atoms with Crippen LogP contribution in [0.25, 0.3) is 6.20 Å². The molecule has 0 unspecified atom stereocenters. The van der Waals surface area contributed by atoms with E-state index in [-0.39, 0.29) is 0 Å². The van der Waals surface area contributed by atoms with Crippen molar-refractivity contribution in [3.05, 3.63) is 23.4 Å². The second-order valence-electron chi connectivity index (χ2n) is 2.77. The van der Waals surface area contributed by atoms with Gasteiger partial charge in [0.1, 0.15) is 5.82 Å². The smallest absolute Gasteiger partial charge is 0.109 e. The summed E-state index contributed by atoms with van der Waals surface area (Å²) >= 11 is 0. The Bertz CT molecular complexity index is 321. The number of rotatable bonds is 2. The van der Waals surface area contributed by atoms with Crippen LogP contribution in [0.4, 0.5) is 0 Å². The molecule has 0 N–H and O–H groups in total. The second-order valence-corrected chi connectivity index (χ2v) is 2.77. The summed E-state index contributed by atoms with van der Waals surface area (Å²) < 4.78 is 1.94. The largest absolute Gasteiger partial charge is 0.309 e. The predicted octanol–water partition coefficient (Wildman–Crippen LogP) is 2.02. The zero-order valence-electron chi connectivity index (χ0n) is 7.70. The molecule has 3 nitrogen and oxygen atoms in total. The summed E-state index contributed by atoms with van der Waals surface area (Å²) in [5, 5.41) is 0. The van der Waals surface area contributed by atoms with Crippen molar-refractivity contribution in [3.63, 3.8) is 0 Å². The molecule has 0 aliphatic heterocycles. The number of aliphatic imine (C=N–C) groups is 1. The Kier molecular flexibility index (Phi) is 2.43. The Labute approximate surface area is 72.5 Å². The minimum Gasteiger partial charge on any atom is -0.309 e. The van der Waals surface area contributed by atoms with Crippen molar-refractivity contribution in [1.29, 1.82) is 0 Å². The molecular formula is C9H13N3. The molecule has 1 aromatic rings. The molecule has 0 saturated carbocycles. The van der Waals surface area contributed by atoms with Crippen LogP contribution in [0.3, 0.4) is 0 Å². The molecule has 3 heteroatoms. The Morgan fingerprint density at radius 1 is 1.67 bits per heavy atom. The molecule has 0 aromatic carbocycles. The van der Waals surface area contributed by atoms with E-state index >= 15 is 0 Å². The van der Waals surface area contributed by atoms with Crippen LogP contribution in [-0.2, 0) is 0 Å². The monoisotopic (exact) mass is 163 g/mol. The normalized spacial score (nSPS) is 11.8. The number of hydrogen-bond acceptors (Lipinski definition) is 2. The maximum absolute atomic E-state index is 4.25. The quantitative estimate of drug-likeness (QED) is 0.613. The van der Waals surface area contributed by atoms with E-state index in [1.807, 2.05) is 37.7 Å². The van der Waals surface area contributed by atoms with Gasteiger partial charge in [-0.15, -0.1) is 0 Å². The Morgan fingerprint density at radius 3 is 2.75 bits per heavy atom. The van der Waals surface area contributed by atoms with E-state index in [1.165, 1.54) is 0 Å². The molecule has 0 fully saturated rings. The first kappa shape index (κ1) is 8.71. The maximum atomic E-state index is 4.25. The van der Waals surface area contributed by atoms with Gasteiger partial charge < -0.3 is 4.57 Å². The molecule has 1 heterocycles. The van der Waals surface area contributed by atoms with Gasteiger partial charge in [0.2, 0.25) is 0 Å². The Balaban J connectivity index is 3.03. The summed E-state index contributed by atoms with van der Waals surface area (Å²) in [6.45, 7) is 9.27. The van der Waals surface area contributed by atoms with Crippen LogP contribution >= 0.6 is 0 Å². The topological polar surface area (TPSA) is 30.2 Å². The summed E-state index contributed by atoms with van der Waals surface area (Å²) in [5.74, 6) is 0.968. The number of aromatic nitrogens is 2. The zero-order valence-corrected chi connectivity index (χ0v) is 7.70. The lowest BCUT2D eigenvalue weighted by Gasteiger charge is -1.96. The number of imidazole rings is 1. The van der Waals surface area contributed by atoms with Gasteiger partial charge in [0.15, 0.2) is 0 Å². The van der Waals surface area contributed by atoms with Crippen molar-refractivity contribution < 1.29 is 0 Å². The van der Waals surface area contributed by atoms with Gasteiger partial charge in [-0.05, 0) is 27.5 Å². The highest BCUT2D eigenvalue weighted by Crippen LogP contribution is 2.04. The summed E-state index contributed by atoms with van der Waals surface area (Å²) in [7, 11) is 0. The van der Waals surface area contributed by atoms with Gasteiger partial charge in [-0.3, -0.25) is 4.99 Å². The second kappa shape index (κ2) is 3.34. The lowest BCUT2D eigenvalue weighted by molar-refractivity contribution is 1.02. The molecule has 1 rings (SSSR count). The third kappa shape index (κ3) is 1.81. The number of allylic oxidation sites excluding steroid dienone is 1. The van der Waals surface area contributed by atoms with Crippen LogP contribution in [0.2, 0.25) is 0 Å². The SMILES string of the molecule is C=N/C(C)=C\n1cc(C)nc1C. The van der Waals surface area contributed by atoms with Crippen LogP contribution in [0.1, 0.15) is 18.4 Å². The first-order valence-electron chi connectivity index (χ1n) is 3.80. The number of hydrogen-bond donors (Lipinski definition) is 0. The van der Waals surface area contributed by atoms with E-state index in [9.17, 15) is 0 Å². The van der Waals surface area contributed by atoms with Crippen molar-refractivity contribution in [3.8, 4) is 0 Å². The third-order valence-corrected chi connectivity index (χ3v) is 1.61. The average molecular weight is 163 g/mol. The lowest BCUT2D eigenvalue weighted by Crippen LogP contribution is -1.88. The zero-order chi connectivity index (χ0) is 9.14. The number of nitrogens with zero attached hydrogens (tertiary/aromatic N) is 3. The molecule has 0 aliphatic carbocycles. The summed E-state index contributed by atoms with van der Waals surface area (Å²) in [5.41, 5.74) is 1.90. The average Bonchev–Trinajstić information content (AvgIpc) is 2.30. The Morgan fingerprint density at radius 2 is 2.33 bits per heavy atom. The van der Waals surface area contributed by atoms with Crippen molar-refractivity contribution in [2.75, 3.05) is 0 Å². The molecular weight excluding hydrogens is 150 g/mol. The minimum absolute atomic E-state index is 0.885. The maximum Gasteiger partial charge on any atom is 0.109 e. The molecule has 0 amide bonds. The Hall–Kier alpha value is -1.38. The third-order valence-electron chi connectivity index (χ3n) is 1.61. The predicted molar refractivity (Wildman–Crippen MR) is 51.2 cm³/mol. The van der Waals surface area contributed by atoms with Crippen LogP contribution < -0.4 is 0 Å². The van der Waals surface area contributed by atoms with Crippen molar-refractivity contribution >= 4 is 12.9 Å². The molecule has 1 aromatic heterocycles. The van der Waals surface area contributed by atoms with Gasteiger partial charge >= 0.3 is 0 Å². The van der Waals surface area contributed by atoms with E-state index in [0.717, 1.165) is 17.2 Å². The molecule has 0 bridgehead atoms. The molecule has 64 valence electrons. The van der Waals surface area contributed by atoms with Gasteiger partial charge in [0.25, 0.3) is 0 Å². The first-order valence-corrected chi connectivity index (χ1v) is 3.80. The van der Waals surface area contributed by atoms with Crippen LogP contribution in [0.15, 0.2) is 16.9 Å². The highest BCUT2D eigenvalue weighted by atomic mass is 15.1. The molecule has 0 saturated heterocycles. The standard InChI is InChI=1S/C9H13N3/c1-7(10-4)5-12-6-8(2)11-9(12)3/h5-6H,4H2,1-3H3/b7-5-. The van der Waals surface area contributed by atoms with Gasteiger partial charge in [-0.1, -0.05) is 0 Å².